The Labute approximate surface area is 213 Å². The second kappa shape index (κ2) is 11.5. The lowest BCUT2D eigenvalue weighted by molar-refractivity contribution is -0.141. The smallest absolute Gasteiger partial charge is 0.338 e. The first-order valence-corrected chi connectivity index (χ1v) is 12.3. The van der Waals surface area contributed by atoms with Crippen molar-refractivity contribution >= 4 is 40.4 Å². The summed E-state index contributed by atoms with van der Waals surface area (Å²) >= 11 is 8.00. The number of aromatic nitrogens is 1. The summed E-state index contributed by atoms with van der Waals surface area (Å²) in [4.78, 5) is 36.5. The molecule has 0 radical (unpaired) electrons. The maximum absolute atomic E-state index is 13.2. The number of thioether (sulfide) groups is 1. The molecule has 4 rings (SSSR count). The number of pyridine rings is 1. The number of halogens is 1. The number of hydrogen-bond donors (Lipinski definition) is 1. The Morgan fingerprint density at radius 2 is 1.94 bits per heavy atom. The summed E-state index contributed by atoms with van der Waals surface area (Å²) in [5.41, 5.74) is 3.33. The molecule has 1 aromatic heterocycles. The van der Waals surface area contributed by atoms with Crippen LogP contribution in [-0.4, -0.2) is 47.3 Å². The highest BCUT2D eigenvalue weighted by Crippen LogP contribution is 2.46. The van der Waals surface area contributed by atoms with Crippen LogP contribution < -0.4 is 5.32 Å². The molecule has 1 atom stereocenters. The molecule has 0 saturated heterocycles. The van der Waals surface area contributed by atoms with E-state index in [0.29, 0.717) is 28.0 Å². The normalized spacial score (nSPS) is 17.0. The molecule has 3 heterocycles. The van der Waals surface area contributed by atoms with E-state index >= 15 is 0 Å². The minimum absolute atomic E-state index is 0.114. The molecule has 1 aromatic carbocycles. The van der Waals surface area contributed by atoms with Crippen molar-refractivity contribution in [1.29, 1.82) is 0 Å². The number of fused-ring (bicyclic) bond motifs is 1. The number of hydrogen-bond acceptors (Lipinski definition) is 8. The van der Waals surface area contributed by atoms with Crippen LogP contribution >= 0.6 is 23.4 Å². The molecule has 0 aliphatic carbocycles. The number of benzene rings is 1. The Bertz CT molecular complexity index is 1200. The third kappa shape index (κ3) is 5.75. The number of carbonyl (C=O) groups excluding carboxylic acids is 2. The average molecular weight is 513 g/mol. The van der Waals surface area contributed by atoms with E-state index in [0.717, 1.165) is 16.8 Å². The summed E-state index contributed by atoms with van der Waals surface area (Å²) in [5, 5.41) is 6.01. The third-order valence-electron chi connectivity index (χ3n) is 5.52. The van der Waals surface area contributed by atoms with Gasteiger partial charge in [-0.3, -0.25) is 9.78 Å². The molecule has 182 valence electrons. The van der Waals surface area contributed by atoms with Crippen molar-refractivity contribution in [1.82, 2.24) is 15.2 Å². The van der Waals surface area contributed by atoms with Crippen molar-refractivity contribution in [3.63, 3.8) is 0 Å². The predicted octanol–water partition coefficient (Wildman–Crippen LogP) is 4.21. The van der Waals surface area contributed by atoms with Crippen molar-refractivity contribution in [2.24, 2.45) is 4.99 Å². The van der Waals surface area contributed by atoms with Crippen LogP contribution in [0.3, 0.4) is 0 Å². The van der Waals surface area contributed by atoms with Crippen molar-refractivity contribution in [2.45, 2.75) is 25.9 Å². The zero-order chi connectivity index (χ0) is 24.8. The number of amidine groups is 1. The monoisotopic (exact) mass is 512 g/mol. The van der Waals surface area contributed by atoms with Gasteiger partial charge in [-0.25, -0.2) is 9.79 Å². The largest absolute Gasteiger partial charge is 0.460 e. The molecule has 2 aliphatic rings. The van der Waals surface area contributed by atoms with Crippen molar-refractivity contribution < 1.29 is 19.1 Å². The molecule has 2 aliphatic heterocycles. The van der Waals surface area contributed by atoms with E-state index in [1.54, 1.807) is 32.5 Å². The highest BCUT2D eigenvalue weighted by molar-refractivity contribution is 8.16. The van der Waals surface area contributed by atoms with E-state index in [4.69, 9.17) is 21.1 Å². The molecule has 35 heavy (non-hydrogen) atoms. The summed E-state index contributed by atoms with van der Waals surface area (Å²) in [6.45, 7) is 2.58. The Kier molecular flexibility index (Phi) is 8.22. The quantitative estimate of drug-likeness (QED) is 0.397. The highest BCUT2D eigenvalue weighted by Gasteiger charge is 2.41. The van der Waals surface area contributed by atoms with Gasteiger partial charge in [0.25, 0.3) is 0 Å². The topological polar surface area (TPSA) is 93.1 Å². The maximum atomic E-state index is 13.2. The van der Waals surface area contributed by atoms with Crippen LogP contribution in [0.15, 0.2) is 76.2 Å². The van der Waals surface area contributed by atoms with Gasteiger partial charge in [-0.1, -0.05) is 41.6 Å². The summed E-state index contributed by atoms with van der Waals surface area (Å²) in [5.74, 6) is -0.644. The van der Waals surface area contributed by atoms with Gasteiger partial charge in [0, 0.05) is 36.8 Å². The van der Waals surface area contributed by atoms with Crippen LogP contribution in [0.4, 0.5) is 0 Å². The van der Waals surface area contributed by atoms with E-state index in [9.17, 15) is 9.59 Å². The van der Waals surface area contributed by atoms with Gasteiger partial charge < -0.3 is 19.7 Å². The number of allylic oxidation sites excluding steroid dienone is 1. The molecule has 10 heteroatoms. The minimum Gasteiger partial charge on any atom is -0.460 e. The van der Waals surface area contributed by atoms with Crippen molar-refractivity contribution in [3.8, 4) is 0 Å². The molecule has 0 saturated carbocycles. The van der Waals surface area contributed by atoms with E-state index in [-0.39, 0.29) is 25.5 Å². The van der Waals surface area contributed by atoms with Gasteiger partial charge in [-0.2, -0.15) is 0 Å². The van der Waals surface area contributed by atoms with Gasteiger partial charge in [0.1, 0.15) is 6.61 Å². The first kappa shape index (κ1) is 25.0. The molecular formula is C25H25ClN4O4S. The fourth-order valence-electron chi connectivity index (χ4n) is 3.85. The Morgan fingerprint density at radius 1 is 1.17 bits per heavy atom. The lowest BCUT2D eigenvalue weighted by atomic mass is 9.93. The summed E-state index contributed by atoms with van der Waals surface area (Å²) in [6, 6.07) is 10.5. The third-order valence-corrected chi connectivity index (χ3v) is 6.75. The lowest BCUT2D eigenvalue weighted by Gasteiger charge is -2.36. The van der Waals surface area contributed by atoms with Crippen LogP contribution in [0.25, 0.3) is 0 Å². The molecule has 0 bridgehead atoms. The summed E-state index contributed by atoms with van der Waals surface area (Å²) < 4.78 is 10.5. The van der Waals surface area contributed by atoms with Crippen LogP contribution in [0, 0.1) is 0 Å². The molecule has 2 aromatic rings. The number of amides is 1. The van der Waals surface area contributed by atoms with E-state index in [1.807, 2.05) is 40.6 Å². The molecule has 0 unspecified atom stereocenters. The van der Waals surface area contributed by atoms with Gasteiger partial charge in [-0.15, -0.1) is 0 Å². The Balaban J connectivity index is 1.60. The van der Waals surface area contributed by atoms with Crippen molar-refractivity contribution in [2.75, 3.05) is 20.3 Å². The molecule has 8 nitrogen and oxygen atoms in total. The van der Waals surface area contributed by atoms with Crippen LogP contribution in [0.1, 0.15) is 30.5 Å². The number of aliphatic imine (C=N–C) groups is 1. The predicted molar refractivity (Wildman–Crippen MR) is 135 cm³/mol. The molecule has 0 fully saturated rings. The van der Waals surface area contributed by atoms with Crippen molar-refractivity contribution in [3.05, 3.63) is 87.3 Å². The maximum Gasteiger partial charge on any atom is 0.338 e. The zero-order valence-corrected chi connectivity index (χ0v) is 20.9. The summed E-state index contributed by atoms with van der Waals surface area (Å²) in [6.07, 6.45) is 3.48. The van der Waals surface area contributed by atoms with E-state index in [1.165, 1.54) is 11.8 Å². The first-order valence-electron chi connectivity index (χ1n) is 11.0. The Hall–Kier alpha value is -3.14. The van der Waals surface area contributed by atoms with Gasteiger partial charge in [0.05, 0.1) is 30.3 Å². The minimum atomic E-state index is -0.583. The first-order chi connectivity index (χ1) is 17.0. The molecular weight excluding hydrogens is 488 g/mol. The summed E-state index contributed by atoms with van der Waals surface area (Å²) in [7, 11) is 1.54. The average Bonchev–Trinajstić information content (AvgIpc) is 3.25. The molecule has 1 amide bonds. The second-order valence-corrected chi connectivity index (χ2v) is 9.10. The fourth-order valence-corrected chi connectivity index (χ4v) is 5.05. The van der Waals surface area contributed by atoms with Crippen LogP contribution in [0.2, 0.25) is 5.02 Å². The standard InChI is InChI=1S/C25H25ClN4O4S/c1-16-22(24(32)34-12-11-33-2)23(19-5-3-4-6-20(19)26)30-18(15-35-25(30)29-16)13-21(31)28-14-17-7-9-27-10-8-17/h3-10,15,23H,11-14H2,1-2H3,(H,28,31)/t23-/m1/s1. The number of ether oxygens (including phenoxy) is 2. The number of methoxy groups -OCH3 is 1. The highest BCUT2D eigenvalue weighted by atomic mass is 35.5. The zero-order valence-electron chi connectivity index (χ0n) is 19.4. The molecule has 0 spiro atoms. The van der Waals surface area contributed by atoms with Gasteiger partial charge in [-0.05, 0) is 41.7 Å². The number of carbonyl (C=O) groups is 2. The number of nitrogens with one attached hydrogen (secondary N) is 1. The van der Waals surface area contributed by atoms with Gasteiger partial charge in [0.2, 0.25) is 5.91 Å². The van der Waals surface area contributed by atoms with E-state index in [2.05, 4.69) is 15.3 Å². The molecule has 1 N–H and O–H groups in total. The van der Waals surface area contributed by atoms with Gasteiger partial charge >= 0.3 is 5.97 Å². The number of nitrogens with zero attached hydrogens (tertiary/aromatic N) is 3. The SMILES string of the molecule is COCCOC(=O)C1=C(C)N=C2SC=C(CC(=O)NCc3ccncc3)N2[C@@H]1c1ccccc1Cl. The number of esters is 1. The Morgan fingerprint density at radius 3 is 2.69 bits per heavy atom. The fraction of sp³-hybridized carbons (Fsp3) is 0.280. The van der Waals surface area contributed by atoms with Crippen LogP contribution in [-0.2, 0) is 25.6 Å². The second-order valence-electron chi connectivity index (χ2n) is 7.85. The van der Waals surface area contributed by atoms with Gasteiger partial charge in [0.15, 0.2) is 5.17 Å². The lowest BCUT2D eigenvalue weighted by Crippen LogP contribution is -2.38. The number of rotatable bonds is 9. The van der Waals surface area contributed by atoms with E-state index < -0.39 is 12.0 Å². The van der Waals surface area contributed by atoms with Crippen LogP contribution in [0.5, 0.6) is 0 Å².